The molecule has 1 N–H and O–H groups in total. The molecule has 0 aliphatic rings. The lowest BCUT2D eigenvalue weighted by Gasteiger charge is -2.12. The largest absolute Gasteiger partial charge is 0.504 e. The van der Waals surface area contributed by atoms with Crippen molar-refractivity contribution in [1.82, 2.24) is 9.78 Å². The minimum atomic E-state index is 0.250. The Bertz CT molecular complexity index is 580. The molecule has 0 spiro atoms. The molecule has 0 aliphatic heterocycles. The Morgan fingerprint density at radius 1 is 1.10 bits per heavy atom. The van der Waals surface area contributed by atoms with Gasteiger partial charge in [0.05, 0.1) is 5.69 Å². The lowest BCUT2D eigenvalue weighted by molar-refractivity contribution is 0.436. The number of aromatic hydroxyl groups is 1. The second-order valence-corrected chi connectivity index (χ2v) is 6.18. The number of nitrogens with zero attached hydrogens (tertiary/aromatic N) is 2. The molecule has 2 aromatic rings. The Labute approximate surface area is 121 Å². The average molecular weight is 272 g/mol. The number of rotatable bonds is 4. The topological polar surface area (TPSA) is 38.0 Å². The maximum Gasteiger partial charge on any atom is 0.165 e. The molecule has 3 nitrogen and oxygen atoms in total. The summed E-state index contributed by atoms with van der Waals surface area (Å²) in [7, 11) is 0. The van der Waals surface area contributed by atoms with Gasteiger partial charge < -0.3 is 5.11 Å². The van der Waals surface area contributed by atoms with E-state index in [0.717, 1.165) is 17.8 Å². The van der Waals surface area contributed by atoms with E-state index >= 15 is 0 Å². The van der Waals surface area contributed by atoms with Crippen LogP contribution in [0.2, 0.25) is 0 Å². The van der Waals surface area contributed by atoms with Gasteiger partial charge in [-0.15, -0.1) is 0 Å². The lowest BCUT2D eigenvalue weighted by Crippen LogP contribution is -2.10. The van der Waals surface area contributed by atoms with E-state index in [9.17, 15) is 5.11 Å². The highest BCUT2D eigenvalue weighted by molar-refractivity contribution is 5.67. The summed E-state index contributed by atoms with van der Waals surface area (Å²) < 4.78 is 1.96. The van der Waals surface area contributed by atoms with Crippen LogP contribution in [0.25, 0.3) is 11.3 Å². The second kappa shape index (κ2) is 5.70. The van der Waals surface area contributed by atoms with Crippen molar-refractivity contribution in [3.8, 4) is 17.0 Å². The molecule has 1 aromatic carbocycles. The standard InChI is InChI=1S/C17H24N2O/c1-11(2)10-19-16(12(3)4)17(20)15(18-19)14-8-6-13(5)7-9-14/h6-9,11-12,20H,10H2,1-5H3. The zero-order chi connectivity index (χ0) is 14.9. The van der Waals surface area contributed by atoms with Gasteiger partial charge in [-0.3, -0.25) is 4.68 Å². The summed E-state index contributed by atoms with van der Waals surface area (Å²) in [5, 5.41) is 15.2. The fourth-order valence-corrected chi connectivity index (χ4v) is 2.43. The normalized spacial score (nSPS) is 11.6. The van der Waals surface area contributed by atoms with Crippen LogP contribution in [0.4, 0.5) is 0 Å². The van der Waals surface area contributed by atoms with E-state index < -0.39 is 0 Å². The van der Waals surface area contributed by atoms with E-state index in [-0.39, 0.29) is 5.92 Å². The van der Waals surface area contributed by atoms with Gasteiger partial charge in [-0.25, -0.2) is 0 Å². The van der Waals surface area contributed by atoms with Gasteiger partial charge >= 0.3 is 0 Å². The summed E-state index contributed by atoms with van der Waals surface area (Å²) >= 11 is 0. The Hall–Kier alpha value is -1.77. The van der Waals surface area contributed by atoms with Crippen LogP contribution in [-0.4, -0.2) is 14.9 Å². The van der Waals surface area contributed by atoms with E-state index in [1.165, 1.54) is 5.56 Å². The van der Waals surface area contributed by atoms with Gasteiger partial charge in [0, 0.05) is 12.1 Å². The second-order valence-electron chi connectivity index (χ2n) is 6.18. The van der Waals surface area contributed by atoms with Gasteiger partial charge in [-0.1, -0.05) is 57.5 Å². The van der Waals surface area contributed by atoms with Gasteiger partial charge in [0.15, 0.2) is 5.75 Å². The highest BCUT2D eigenvalue weighted by Gasteiger charge is 2.21. The fraction of sp³-hybridized carbons (Fsp3) is 0.471. The molecule has 0 aliphatic carbocycles. The van der Waals surface area contributed by atoms with Crippen molar-refractivity contribution in [2.75, 3.05) is 0 Å². The molecular formula is C17H24N2O. The number of aryl methyl sites for hydroxylation is 1. The Morgan fingerprint density at radius 3 is 2.20 bits per heavy atom. The quantitative estimate of drug-likeness (QED) is 0.899. The zero-order valence-corrected chi connectivity index (χ0v) is 13.0. The molecule has 1 aromatic heterocycles. The van der Waals surface area contributed by atoms with Crippen LogP contribution in [-0.2, 0) is 6.54 Å². The average Bonchev–Trinajstić information content (AvgIpc) is 2.66. The van der Waals surface area contributed by atoms with Crippen LogP contribution < -0.4 is 0 Å². The molecule has 0 saturated heterocycles. The summed E-state index contributed by atoms with van der Waals surface area (Å²) in [6.07, 6.45) is 0. The molecule has 2 rings (SSSR count). The minimum absolute atomic E-state index is 0.250. The molecule has 3 heteroatoms. The number of hydrogen-bond donors (Lipinski definition) is 1. The highest BCUT2D eigenvalue weighted by Crippen LogP contribution is 2.35. The van der Waals surface area contributed by atoms with Crippen molar-refractivity contribution in [2.45, 2.75) is 47.1 Å². The van der Waals surface area contributed by atoms with E-state index in [1.54, 1.807) is 0 Å². The molecule has 0 saturated carbocycles. The number of benzene rings is 1. The highest BCUT2D eigenvalue weighted by atomic mass is 16.3. The molecule has 0 bridgehead atoms. The Morgan fingerprint density at radius 2 is 1.70 bits per heavy atom. The maximum absolute atomic E-state index is 10.5. The van der Waals surface area contributed by atoms with Crippen molar-refractivity contribution < 1.29 is 5.11 Å². The molecule has 1 heterocycles. The summed E-state index contributed by atoms with van der Waals surface area (Å²) in [5.74, 6) is 1.07. The third kappa shape index (κ3) is 2.87. The van der Waals surface area contributed by atoms with Gasteiger partial charge in [-0.2, -0.15) is 5.10 Å². The first-order valence-corrected chi connectivity index (χ1v) is 7.26. The predicted molar refractivity (Wildman–Crippen MR) is 83.0 cm³/mol. The summed E-state index contributed by atoms with van der Waals surface area (Å²) in [6.45, 7) is 11.4. The van der Waals surface area contributed by atoms with Crippen LogP contribution in [0.15, 0.2) is 24.3 Å². The molecular weight excluding hydrogens is 248 g/mol. The monoisotopic (exact) mass is 272 g/mol. The Kier molecular flexibility index (Phi) is 4.17. The molecule has 0 unspecified atom stereocenters. The van der Waals surface area contributed by atoms with Gasteiger partial charge in [0.2, 0.25) is 0 Å². The zero-order valence-electron chi connectivity index (χ0n) is 13.0. The van der Waals surface area contributed by atoms with Crippen LogP contribution in [0.5, 0.6) is 5.75 Å². The number of aromatic nitrogens is 2. The molecule has 20 heavy (non-hydrogen) atoms. The lowest BCUT2D eigenvalue weighted by atomic mass is 10.1. The first kappa shape index (κ1) is 14.6. The van der Waals surface area contributed by atoms with Crippen LogP contribution in [0.1, 0.15) is 44.9 Å². The fourth-order valence-electron chi connectivity index (χ4n) is 2.43. The molecule has 0 radical (unpaired) electrons. The third-order valence-electron chi connectivity index (χ3n) is 3.38. The maximum atomic E-state index is 10.5. The molecule has 0 atom stereocenters. The van der Waals surface area contributed by atoms with Crippen molar-refractivity contribution in [1.29, 1.82) is 0 Å². The molecule has 0 fully saturated rings. The van der Waals surface area contributed by atoms with Crippen LogP contribution >= 0.6 is 0 Å². The van der Waals surface area contributed by atoms with E-state index in [1.807, 2.05) is 28.9 Å². The van der Waals surface area contributed by atoms with Gasteiger partial charge in [0.25, 0.3) is 0 Å². The SMILES string of the molecule is Cc1ccc(-c2nn(CC(C)C)c(C(C)C)c2O)cc1. The first-order valence-electron chi connectivity index (χ1n) is 7.26. The summed E-state index contributed by atoms with van der Waals surface area (Å²) in [4.78, 5) is 0. The Balaban J connectivity index is 2.51. The van der Waals surface area contributed by atoms with E-state index in [4.69, 9.17) is 0 Å². The van der Waals surface area contributed by atoms with Crippen molar-refractivity contribution in [3.63, 3.8) is 0 Å². The van der Waals surface area contributed by atoms with Gasteiger partial charge in [0.1, 0.15) is 5.69 Å². The minimum Gasteiger partial charge on any atom is -0.504 e. The molecule has 0 amide bonds. The van der Waals surface area contributed by atoms with E-state index in [2.05, 4.69) is 39.7 Å². The van der Waals surface area contributed by atoms with Crippen molar-refractivity contribution >= 4 is 0 Å². The van der Waals surface area contributed by atoms with Crippen LogP contribution in [0, 0.1) is 12.8 Å². The van der Waals surface area contributed by atoms with Crippen molar-refractivity contribution in [2.24, 2.45) is 5.92 Å². The summed E-state index contributed by atoms with van der Waals surface area (Å²) in [5.41, 5.74) is 3.79. The van der Waals surface area contributed by atoms with Crippen LogP contribution in [0.3, 0.4) is 0 Å². The predicted octanol–water partition coefficient (Wildman–Crippen LogP) is 4.34. The van der Waals surface area contributed by atoms with E-state index in [0.29, 0.717) is 17.4 Å². The smallest absolute Gasteiger partial charge is 0.165 e. The van der Waals surface area contributed by atoms with Gasteiger partial charge in [-0.05, 0) is 18.8 Å². The molecule has 108 valence electrons. The summed E-state index contributed by atoms with van der Waals surface area (Å²) in [6, 6.07) is 8.12. The third-order valence-corrected chi connectivity index (χ3v) is 3.38. The van der Waals surface area contributed by atoms with Crippen molar-refractivity contribution in [3.05, 3.63) is 35.5 Å². The number of hydrogen-bond acceptors (Lipinski definition) is 2. The first-order chi connectivity index (χ1) is 9.40.